The van der Waals surface area contributed by atoms with Gasteiger partial charge >= 0.3 is 0 Å². The molecule has 0 aliphatic carbocycles. The van der Waals surface area contributed by atoms with Crippen LogP contribution in [0.3, 0.4) is 0 Å². The lowest BCUT2D eigenvalue weighted by molar-refractivity contribution is 0.101. The van der Waals surface area contributed by atoms with Crippen LogP contribution in [0.4, 0.5) is 5.69 Å². The molecule has 0 aliphatic rings. The van der Waals surface area contributed by atoms with Gasteiger partial charge in [-0.2, -0.15) is 0 Å². The molecule has 0 saturated carbocycles. The Hall–Kier alpha value is -1.51. The highest BCUT2D eigenvalue weighted by molar-refractivity contribution is 5.97. The first-order valence-corrected chi connectivity index (χ1v) is 6.04. The Morgan fingerprint density at radius 2 is 2.12 bits per heavy atom. The number of hydrogen-bond acceptors (Lipinski definition) is 3. The lowest BCUT2D eigenvalue weighted by Crippen LogP contribution is -2.28. The van der Waals surface area contributed by atoms with E-state index in [4.69, 9.17) is 0 Å². The summed E-state index contributed by atoms with van der Waals surface area (Å²) in [6.45, 7) is 5.76. The van der Waals surface area contributed by atoms with Gasteiger partial charge in [-0.3, -0.25) is 4.79 Å². The molecule has 0 aliphatic heterocycles. The molecule has 1 N–H and O–H groups in total. The third-order valence-corrected chi connectivity index (χ3v) is 3.14. The van der Waals surface area contributed by atoms with E-state index < -0.39 is 0 Å². The summed E-state index contributed by atoms with van der Waals surface area (Å²) >= 11 is 0. The molecule has 17 heavy (non-hydrogen) atoms. The third kappa shape index (κ3) is 3.22. The van der Waals surface area contributed by atoms with Gasteiger partial charge in [-0.05, 0) is 32.4 Å². The number of carbonyl (C=O) groups is 1. The van der Waals surface area contributed by atoms with Gasteiger partial charge in [-0.1, -0.05) is 13.3 Å². The van der Waals surface area contributed by atoms with Crippen molar-refractivity contribution < 1.29 is 9.90 Å². The Kier molecular flexibility index (Phi) is 4.55. The molecule has 0 fully saturated rings. The SMILES string of the molecule is CCCC(C)N(C)c1ccc(C(C)=O)c(O)c1. The van der Waals surface area contributed by atoms with Gasteiger partial charge in [0.2, 0.25) is 0 Å². The van der Waals surface area contributed by atoms with E-state index in [0.29, 0.717) is 11.6 Å². The summed E-state index contributed by atoms with van der Waals surface area (Å²) in [6, 6.07) is 5.63. The molecular formula is C14H21NO2. The van der Waals surface area contributed by atoms with Crippen LogP contribution in [0, 0.1) is 0 Å². The van der Waals surface area contributed by atoms with Crippen LogP contribution in [0.1, 0.15) is 44.0 Å². The van der Waals surface area contributed by atoms with E-state index in [1.165, 1.54) is 6.92 Å². The largest absolute Gasteiger partial charge is 0.507 e. The molecule has 0 heterocycles. The topological polar surface area (TPSA) is 40.5 Å². The zero-order valence-corrected chi connectivity index (χ0v) is 11.0. The van der Waals surface area contributed by atoms with Crippen molar-refractivity contribution in [3.63, 3.8) is 0 Å². The van der Waals surface area contributed by atoms with Crippen molar-refractivity contribution in [1.29, 1.82) is 0 Å². The molecule has 94 valence electrons. The molecule has 0 amide bonds. The van der Waals surface area contributed by atoms with Crippen LogP contribution in [0.25, 0.3) is 0 Å². The van der Waals surface area contributed by atoms with Crippen molar-refractivity contribution in [2.75, 3.05) is 11.9 Å². The van der Waals surface area contributed by atoms with Crippen molar-refractivity contribution >= 4 is 11.5 Å². The Bertz CT molecular complexity index is 401. The summed E-state index contributed by atoms with van der Waals surface area (Å²) in [5.41, 5.74) is 1.32. The van der Waals surface area contributed by atoms with Gasteiger partial charge < -0.3 is 10.0 Å². The highest BCUT2D eigenvalue weighted by atomic mass is 16.3. The van der Waals surface area contributed by atoms with Crippen LogP contribution in [-0.2, 0) is 0 Å². The molecular weight excluding hydrogens is 214 g/mol. The summed E-state index contributed by atoms with van der Waals surface area (Å²) in [4.78, 5) is 13.3. The summed E-state index contributed by atoms with van der Waals surface area (Å²) in [5, 5.41) is 9.77. The number of rotatable bonds is 5. The zero-order chi connectivity index (χ0) is 13.0. The Labute approximate surface area is 103 Å². The molecule has 3 nitrogen and oxygen atoms in total. The Morgan fingerprint density at radius 1 is 1.47 bits per heavy atom. The fourth-order valence-corrected chi connectivity index (χ4v) is 1.90. The molecule has 0 radical (unpaired) electrons. The van der Waals surface area contributed by atoms with Gasteiger partial charge in [0.1, 0.15) is 5.75 Å². The van der Waals surface area contributed by atoms with Crippen LogP contribution in [0.2, 0.25) is 0 Å². The van der Waals surface area contributed by atoms with E-state index in [2.05, 4.69) is 18.7 Å². The molecule has 1 aromatic carbocycles. The van der Waals surface area contributed by atoms with Crippen LogP contribution in [0.15, 0.2) is 18.2 Å². The van der Waals surface area contributed by atoms with Crippen molar-refractivity contribution in [2.24, 2.45) is 0 Å². The van der Waals surface area contributed by atoms with Crippen molar-refractivity contribution in [3.8, 4) is 5.75 Å². The third-order valence-electron chi connectivity index (χ3n) is 3.14. The number of phenols is 1. The van der Waals surface area contributed by atoms with E-state index in [1.54, 1.807) is 12.1 Å². The van der Waals surface area contributed by atoms with Crippen LogP contribution >= 0.6 is 0 Å². The van der Waals surface area contributed by atoms with Crippen LogP contribution in [0.5, 0.6) is 5.75 Å². The molecule has 0 aromatic heterocycles. The van der Waals surface area contributed by atoms with Gasteiger partial charge in [-0.25, -0.2) is 0 Å². The molecule has 1 rings (SSSR count). The predicted octanol–water partition coefficient (Wildman–Crippen LogP) is 3.22. The zero-order valence-electron chi connectivity index (χ0n) is 11.0. The second-order valence-corrected chi connectivity index (χ2v) is 4.51. The first-order chi connectivity index (χ1) is 7.97. The monoisotopic (exact) mass is 235 g/mol. The van der Waals surface area contributed by atoms with Gasteiger partial charge in [0.05, 0.1) is 5.56 Å². The van der Waals surface area contributed by atoms with E-state index in [0.717, 1.165) is 18.5 Å². The molecule has 3 heteroatoms. The molecule has 0 spiro atoms. The second-order valence-electron chi connectivity index (χ2n) is 4.51. The number of hydrogen-bond donors (Lipinski definition) is 1. The maximum Gasteiger partial charge on any atom is 0.163 e. The van der Waals surface area contributed by atoms with Crippen LogP contribution in [-0.4, -0.2) is 24.0 Å². The quantitative estimate of drug-likeness (QED) is 0.797. The maximum atomic E-state index is 11.2. The van der Waals surface area contributed by atoms with Gasteiger partial charge in [0.15, 0.2) is 5.78 Å². The highest BCUT2D eigenvalue weighted by Gasteiger charge is 2.12. The lowest BCUT2D eigenvalue weighted by atomic mass is 10.1. The van der Waals surface area contributed by atoms with E-state index in [-0.39, 0.29) is 11.5 Å². The highest BCUT2D eigenvalue weighted by Crippen LogP contribution is 2.26. The smallest absolute Gasteiger partial charge is 0.163 e. The van der Waals surface area contributed by atoms with E-state index in [9.17, 15) is 9.90 Å². The predicted molar refractivity (Wildman–Crippen MR) is 70.9 cm³/mol. The van der Waals surface area contributed by atoms with E-state index >= 15 is 0 Å². The number of anilines is 1. The molecule has 1 unspecified atom stereocenters. The number of ketones is 1. The number of nitrogens with zero attached hydrogens (tertiary/aromatic N) is 1. The van der Waals surface area contributed by atoms with Crippen LogP contribution < -0.4 is 4.90 Å². The average Bonchev–Trinajstić information content (AvgIpc) is 2.27. The minimum Gasteiger partial charge on any atom is -0.507 e. The molecule has 0 bridgehead atoms. The van der Waals surface area contributed by atoms with E-state index in [1.807, 2.05) is 13.1 Å². The fourth-order valence-electron chi connectivity index (χ4n) is 1.90. The number of aromatic hydroxyl groups is 1. The normalized spacial score (nSPS) is 12.2. The maximum absolute atomic E-state index is 11.2. The standard InChI is InChI=1S/C14H21NO2/c1-5-6-10(2)15(4)12-7-8-13(11(3)16)14(17)9-12/h7-10,17H,5-6H2,1-4H3. The summed E-state index contributed by atoms with van der Waals surface area (Å²) in [5.74, 6) is -0.0520. The number of Topliss-reactive ketones (excluding diaryl/α,β-unsaturated/α-hetero) is 1. The number of benzene rings is 1. The first kappa shape index (κ1) is 13.6. The van der Waals surface area contributed by atoms with Crippen molar-refractivity contribution in [1.82, 2.24) is 0 Å². The minimum atomic E-state index is -0.113. The molecule has 1 aromatic rings. The lowest BCUT2D eigenvalue weighted by Gasteiger charge is -2.27. The van der Waals surface area contributed by atoms with Crippen molar-refractivity contribution in [2.45, 2.75) is 39.7 Å². The fraction of sp³-hybridized carbons (Fsp3) is 0.500. The summed E-state index contributed by atoms with van der Waals surface area (Å²) < 4.78 is 0. The summed E-state index contributed by atoms with van der Waals surface area (Å²) in [7, 11) is 2.00. The second kappa shape index (κ2) is 5.71. The molecule has 0 saturated heterocycles. The minimum absolute atomic E-state index is 0.0607. The average molecular weight is 235 g/mol. The van der Waals surface area contributed by atoms with Gasteiger partial charge in [0.25, 0.3) is 0 Å². The Balaban J connectivity index is 2.93. The van der Waals surface area contributed by atoms with Gasteiger partial charge in [-0.15, -0.1) is 0 Å². The first-order valence-electron chi connectivity index (χ1n) is 6.04. The number of carbonyl (C=O) groups excluding carboxylic acids is 1. The number of phenolic OH excluding ortho intramolecular Hbond substituents is 1. The van der Waals surface area contributed by atoms with Gasteiger partial charge in [0, 0.05) is 24.8 Å². The molecule has 1 atom stereocenters. The summed E-state index contributed by atoms with van der Waals surface area (Å²) in [6.07, 6.45) is 2.23. The van der Waals surface area contributed by atoms with Crippen molar-refractivity contribution in [3.05, 3.63) is 23.8 Å². The Morgan fingerprint density at radius 3 is 2.59 bits per heavy atom.